The fraction of sp³-hybridized carbons (Fsp3) is 0.409. The summed E-state index contributed by atoms with van der Waals surface area (Å²) in [6.45, 7) is 5.36. The second-order valence-electron chi connectivity index (χ2n) is 8.62. The van der Waals surface area contributed by atoms with Crippen molar-refractivity contribution in [3.05, 3.63) is 46.2 Å². The summed E-state index contributed by atoms with van der Waals surface area (Å²) in [6, 6.07) is 6.84. The zero-order chi connectivity index (χ0) is 21.2. The van der Waals surface area contributed by atoms with Gasteiger partial charge in [-0.25, -0.2) is 4.79 Å². The molecule has 30 heavy (non-hydrogen) atoms. The van der Waals surface area contributed by atoms with Gasteiger partial charge in [0.05, 0.1) is 37.2 Å². The number of benzene rings is 1. The summed E-state index contributed by atoms with van der Waals surface area (Å²) >= 11 is 0. The van der Waals surface area contributed by atoms with Gasteiger partial charge < -0.3 is 19.1 Å². The van der Waals surface area contributed by atoms with Crippen LogP contribution in [0.4, 0.5) is 0 Å². The number of carboxylic acids is 1. The summed E-state index contributed by atoms with van der Waals surface area (Å²) in [5.41, 5.74) is 1.20. The van der Waals surface area contributed by atoms with E-state index in [1.165, 1.54) is 12.3 Å². The third-order valence-electron chi connectivity index (χ3n) is 6.42. The van der Waals surface area contributed by atoms with E-state index in [1.54, 1.807) is 7.11 Å². The van der Waals surface area contributed by atoms with Crippen molar-refractivity contribution >= 4 is 16.9 Å². The molecular weight excluding hydrogens is 386 g/mol. The molecule has 8 nitrogen and oxygen atoms in total. The fourth-order valence-corrected chi connectivity index (χ4v) is 4.95. The van der Waals surface area contributed by atoms with Crippen LogP contribution in [0, 0.1) is 5.41 Å². The first-order chi connectivity index (χ1) is 14.3. The average molecular weight is 409 g/mol. The summed E-state index contributed by atoms with van der Waals surface area (Å²) < 4.78 is 15.4. The molecule has 8 heteroatoms. The molecule has 1 fully saturated rings. The van der Waals surface area contributed by atoms with E-state index in [-0.39, 0.29) is 23.1 Å². The number of aromatic nitrogens is 3. The van der Waals surface area contributed by atoms with E-state index in [0.717, 1.165) is 17.5 Å². The Bertz CT molecular complexity index is 1240. The fourth-order valence-electron chi connectivity index (χ4n) is 4.95. The molecular formula is C22H23N3O5. The number of carboxylic acid groups (broad SMARTS) is 1. The monoisotopic (exact) mass is 409 g/mol. The average Bonchev–Trinajstić information content (AvgIpc) is 3.02. The lowest BCUT2D eigenvalue weighted by molar-refractivity contribution is 0.0691. The number of hydrogen-bond donors (Lipinski definition) is 1. The number of aromatic carboxylic acids is 1. The first-order valence-electron chi connectivity index (χ1n) is 9.96. The van der Waals surface area contributed by atoms with Crippen molar-refractivity contribution < 1.29 is 19.4 Å². The second-order valence-corrected chi connectivity index (χ2v) is 8.62. The van der Waals surface area contributed by atoms with E-state index in [1.807, 2.05) is 27.4 Å². The van der Waals surface area contributed by atoms with Crippen LogP contribution in [0.1, 0.15) is 42.7 Å². The molecule has 0 aliphatic carbocycles. The lowest BCUT2D eigenvalue weighted by atomic mass is 9.77. The number of ether oxygens (including phenoxy) is 2. The van der Waals surface area contributed by atoms with Crippen molar-refractivity contribution in [3.8, 4) is 17.1 Å². The van der Waals surface area contributed by atoms with E-state index < -0.39 is 11.4 Å². The topological polar surface area (TPSA) is 95.6 Å². The predicted octanol–water partition coefficient (Wildman–Crippen LogP) is 3.11. The van der Waals surface area contributed by atoms with Gasteiger partial charge in [-0.3, -0.25) is 9.48 Å². The molecule has 156 valence electrons. The van der Waals surface area contributed by atoms with Gasteiger partial charge in [-0.2, -0.15) is 5.10 Å². The lowest BCUT2D eigenvalue weighted by Crippen LogP contribution is -2.40. The summed E-state index contributed by atoms with van der Waals surface area (Å²) in [6.07, 6.45) is 2.30. The second kappa shape index (κ2) is 6.43. The van der Waals surface area contributed by atoms with Crippen LogP contribution in [0.25, 0.3) is 22.3 Å². The van der Waals surface area contributed by atoms with E-state index in [9.17, 15) is 14.7 Å². The standard InChI is InChI=1S/C22H23N3O5/c1-22(2)7-8-30-11-15-20(22)24-10-13(21(27)28)16(26)9-14(24)19-12-5-4-6-17(29-3)18(12)23-25(15)19/h4-6,9-10,15,20H,7-8,11H2,1-3H3,(H,27,28)/t15-,20-/m1/s1. The van der Waals surface area contributed by atoms with Crippen LogP contribution in [0.2, 0.25) is 0 Å². The number of carbonyl (C=O) groups is 1. The van der Waals surface area contributed by atoms with Gasteiger partial charge in [0.1, 0.15) is 16.8 Å². The molecule has 0 unspecified atom stereocenters. The summed E-state index contributed by atoms with van der Waals surface area (Å²) in [5.74, 6) is -0.573. The molecule has 0 saturated carbocycles. The summed E-state index contributed by atoms with van der Waals surface area (Å²) in [5, 5.41) is 15.3. The van der Waals surface area contributed by atoms with Crippen molar-refractivity contribution in [2.75, 3.05) is 20.3 Å². The highest BCUT2D eigenvalue weighted by Gasteiger charge is 2.45. The number of pyridine rings is 1. The Kier molecular flexibility index (Phi) is 4.05. The minimum atomic E-state index is -1.22. The van der Waals surface area contributed by atoms with Crippen LogP contribution < -0.4 is 10.2 Å². The smallest absolute Gasteiger partial charge is 0.341 e. The molecule has 0 amide bonds. The van der Waals surface area contributed by atoms with Gasteiger partial charge in [0.2, 0.25) is 0 Å². The van der Waals surface area contributed by atoms with Gasteiger partial charge in [0.15, 0.2) is 5.43 Å². The van der Waals surface area contributed by atoms with Gasteiger partial charge >= 0.3 is 5.97 Å². The van der Waals surface area contributed by atoms with E-state index in [4.69, 9.17) is 14.6 Å². The third-order valence-corrected chi connectivity index (χ3v) is 6.42. The maximum atomic E-state index is 12.6. The van der Waals surface area contributed by atoms with Gasteiger partial charge in [-0.1, -0.05) is 26.0 Å². The molecule has 0 bridgehead atoms. The van der Waals surface area contributed by atoms with E-state index in [2.05, 4.69) is 13.8 Å². The molecule has 1 N–H and O–H groups in total. The minimum Gasteiger partial charge on any atom is -0.494 e. The third kappa shape index (κ3) is 2.53. The van der Waals surface area contributed by atoms with Gasteiger partial charge in [0.25, 0.3) is 0 Å². The van der Waals surface area contributed by atoms with Gasteiger partial charge in [-0.05, 0) is 17.9 Å². The van der Waals surface area contributed by atoms with Crippen LogP contribution in [0.3, 0.4) is 0 Å². The Labute approximate surface area is 172 Å². The molecule has 4 heterocycles. The van der Waals surface area contributed by atoms with Crippen molar-refractivity contribution in [1.82, 2.24) is 14.3 Å². The highest BCUT2D eigenvalue weighted by molar-refractivity contribution is 5.97. The Morgan fingerprint density at radius 1 is 1.37 bits per heavy atom. The molecule has 3 aromatic rings. The summed E-state index contributed by atoms with van der Waals surface area (Å²) in [7, 11) is 1.60. The molecule has 2 aliphatic rings. The number of rotatable bonds is 2. The Balaban J connectivity index is 1.91. The maximum Gasteiger partial charge on any atom is 0.341 e. The zero-order valence-corrected chi connectivity index (χ0v) is 17.1. The van der Waals surface area contributed by atoms with Crippen LogP contribution >= 0.6 is 0 Å². The molecule has 5 rings (SSSR count). The molecule has 2 atom stereocenters. The van der Waals surface area contributed by atoms with Crippen LogP contribution in [0.15, 0.2) is 35.3 Å². The largest absolute Gasteiger partial charge is 0.494 e. The quantitative estimate of drug-likeness (QED) is 0.699. The van der Waals surface area contributed by atoms with Crippen molar-refractivity contribution in [3.63, 3.8) is 0 Å². The Hall–Kier alpha value is -3.13. The Morgan fingerprint density at radius 2 is 2.17 bits per heavy atom. The van der Waals surface area contributed by atoms with Gasteiger partial charge in [-0.15, -0.1) is 0 Å². The van der Waals surface area contributed by atoms with Crippen LogP contribution in [-0.4, -0.2) is 45.7 Å². The molecule has 1 saturated heterocycles. The molecule has 0 radical (unpaired) electrons. The van der Waals surface area contributed by atoms with E-state index in [0.29, 0.717) is 30.2 Å². The first kappa shape index (κ1) is 18.9. The van der Waals surface area contributed by atoms with Gasteiger partial charge in [0, 0.05) is 24.3 Å². The zero-order valence-electron chi connectivity index (χ0n) is 17.1. The normalized spacial score (nSPS) is 22.0. The molecule has 2 aliphatic heterocycles. The minimum absolute atomic E-state index is 0.124. The summed E-state index contributed by atoms with van der Waals surface area (Å²) in [4.78, 5) is 24.4. The van der Waals surface area contributed by atoms with Crippen LogP contribution in [-0.2, 0) is 4.74 Å². The number of fused-ring (bicyclic) bond motifs is 8. The van der Waals surface area contributed by atoms with Crippen molar-refractivity contribution in [1.29, 1.82) is 0 Å². The Morgan fingerprint density at radius 3 is 2.90 bits per heavy atom. The van der Waals surface area contributed by atoms with Crippen LogP contribution in [0.5, 0.6) is 5.75 Å². The van der Waals surface area contributed by atoms with Crippen molar-refractivity contribution in [2.45, 2.75) is 32.4 Å². The molecule has 1 aromatic carbocycles. The SMILES string of the molecule is COc1cccc2c3n(nc12)[C@@H]1COCCC(C)(C)[C@@H]1n1cc(C(=O)O)c(=O)cc1-3. The molecule has 0 spiro atoms. The predicted molar refractivity (Wildman–Crippen MR) is 110 cm³/mol. The first-order valence-corrected chi connectivity index (χ1v) is 9.96. The number of methoxy groups -OCH3 is 1. The van der Waals surface area contributed by atoms with Crippen molar-refractivity contribution in [2.24, 2.45) is 5.41 Å². The highest BCUT2D eigenvalue weighted by atomic mass is 16.5. The lowest BCUT2D eigenvalue weighted by Gasteiger charge is -2.43. The maximum absolute atomic E-state index is 12.6. The highest BCUT2D eigenvalue weighted by Crippen LogP contribution is 2.51. The number of nitrogens with zero attached hydrogens (tertiary/aromatic N) is 3. The van der Waals surface area contributed by atoms with E-state index >= 15 is 0 Å². The molecule has 2 aromatic heterocycles. The number of hydrogen-bond acceptors (Lipinski definition) is 5.